The molecule has 616 valence electrons. The van der Waals surface area contributed by atoms with Crippen LogP contribution in [0.4, 0.5) is 0 Å². The van der Waals surface area contributed by atoms with E-state index < -0.39 is 124 Å². The lowest BCUT2D eigenvalue weighted by Gasteiger charge is -2.48. The number of carbonyl (C=O) groups is 1. The summed E-state index contributed by atoms with van der Waals surface area (Å²) in [7, 11) is 0. The molecule has 3 rings (SSSR count). The Morgan fingerprint density at radius 3 is 0.904 bits per heavy atom. The second-order valence-corrected chi connectivity index (χ2v) is 31.7. The lowest BCUT2D eigenvalue weighted by atomic mass is 9.96. The van der Waals surface area contributed by atoms with Crippen LogP contribution in [0.25, 0.3) is 0 Å². The Kier molecular flexibility index (Phi) is 61.5. The van der Waals surface area contributed by atoms with Crippen LogP contribution < -0.4 is 5.32 Å². The maximum Gasteiger partial charge on any atom is 0.220 e. The summed E-state index contributed by atoms with van der Waals surface area (Å²) in [4.78, 5) is 13.5. The molecule has 19 heteroatoms. The largest absolute Gasteiger partial charge is 0.394 e. The molecule has 12 N–H and O–H groups in total. The fourth-order valence-corrected chi connectivity index (χ4v) is 15.3. The van der Waals surface area contributed by atoms with Gasteiger partial charge in [0.05, 0.1) is 38.6 Å². The van der Waals surface area contributed by atoms with Crippen LogP contribution in [0.15, 0.2) is 12.2 Å². The third-order valence-corrected chi connectivity index (χ3v) is 22.3. The van der Waals surface area contributed by atoms with Gasteiger partial charge in [-0.25, -0.2) is 0 Å². The SMILES string of the molecule is CCCCCCCCCCCCCCCCCC/C=C/C(O)C(COC1OC(CO)C(OC2OC(CO)C(OC3OC(CO)C(O)C(O)C3O)C(O)C2O)C(O)C1O)NC(=O)CCCCCCCCCCCCCCCCCCCCCCCCCCCCCCCCCCCCCCCCCCC. The summed E-state index contributed by atoms with van der Waals surface area (Å²) >= 11 is 0. The molecule has 0 spiro atoms. The van der Waals surface area contributed by atoms with Gasteiger partial charge in [0.2, 0.25) is 5.91 Å². The summed E-state index contributed by atoms with van der Waals surface area (Å²) in [6.07, 6.45) is 53.9. The molecule has 3 heterocycles. The first kappa shape index (κ1) is 96.7. The molecule has 1 amide bonds. The zero-order valence-corrected chi connectivity index (χ0v) is 66.3. The normalized spacial score (nSPS) is 25.9. The highest BCUT2D eigenvalue weighted by molar-refractivity contribution is 5.76. The van der Waals surface area contributed by atoms with Gasteiger partial charge in [-0.05, 0) is 19.3 Å². The molecule has 0 aromatic carbocycles. The van der Waals surface area contributed by atoms with E-state index in [9.17, 15) is 61.0 Å². The van der Waals surface area contributed by atoms with Crippen LogP contribution in [0.3, 0.4) is 0 Å². The minimum absolute atomic E-state index is 0.250. The molecule has 3 fully saturated rings. The van der Waals surface area contributed by atoms with Gasteiger partial charge >= 0.3 is 0 Å². The Balaban J connectivity index is 1.27. The van der Waals surface area contributed by atoms with E-state index in [0.717, 1.165) is 44.9 Å². The molecule has 0 radical (unpaired) electrons. The number of nitrogens with one attached hydrogen (secondary N) is 1. The number of carbonyl (C=O) groups excluding carboxylic acids is 1. The van der Waals surface area contributed by atoms with Crippen molar-refractivity contribution in [2.45, 2.75) is 497 Å². The van der Waals surface area contributed by atoms with Gasteiger partial charge in [-0.2, -0.15) is 0 Å². The van der Waals surface area contributed by atoms with E-state index in [2.05, 4.69) is 19.2 Å². The van der Waals surface area contributed by atoms with Crippen molar-refractivity contribution in [3.63, 3.8) is 0 Å². The number of rotatable bonds is 72. The van der Waals surface area contributed by atoms with Crippen LogP contribution in [0.5, 0.6) is 0 Å². The fourth-order valence-electron chi connectivity index (χ4n) is 15.3. The molecule has 0 bridgehead atoms. The smallest absolute Gasteiger partial charge is 0.220 e. The molecule has 0 aliphatic carbocycles. The Labute approximate surface area is 633 Å². The molecule has 19 nitrogen and oxygen atoms in total. The molecule has 3 aliphatic rings. The quantitative estimate of drug-likeness (QED) is 0.0199. The van der Waals surface area contributed by atoms with E-state index >= 15 is 0 Å². The molecule has 0 aromatic heterocycles. The van der Waals surface area contributed by atoms with Crippen LogP contribution in [0, 0.1) is 0 Å². The molecule has 0 aromatic rings. The monoisotopic (exact) mass is 1490 g/mol. The second kappa shape index (κ2) is 66.2. The number of ether oxygens (including phenoxy) is 6. The third kappa shape index (κ3) is 45.1. The van der Waals surface area contributed by atoms with Gasteiger partial charge in [-0.3, -0.25) is 4.79 Å². The standard InChI is InChI=1S/C85H163NO18/c1-3-5-7-9-11-13-15-17-19-21-23-24-25-26-27-28-29-30-31-32-33-34-35-36-37-38-39-40-41-42-43-44-45-47-49-51-53-55-57-59-61-63-73(91)86-68(69(90)62-60-58-56-54-52-50-48-46-22-20-18-16-14-12-10-8-6-4-2)67-99-83-79(97)76(94)81(71(65-88)101-83)104-85-80(98)77(95)82(72(66-89)102-85)103-84-78(96)75(93)74(92)70(64-87)100-84/h60,62,68-72,74-85,87-90,92-98H,3-59,61,63-67H2,1-2H3,(H,86,91)/b62-60+. The number of amides is 1. The average Bonchev–Trinajstić information content (AvgIpc) is 0.783. The van der Waals surface area contributed by atoms with Crippen molar-refractivity contribution in [1.82, 2.24) is 5.32 Å². The van der Waals surface area contributed by atoms with Crippen molar-refractivity contribution in [3.8, 4) is 0 Å². The van der Waals surface area contributed by atoms with Crippen LogP contribution in [-0.4, -0.2) is 193 Å². The lowest BCUT2D eigenvalue weighted by Crippen LogP contribution is -2.66. The summed E-state index contributed by atoms with van der Waals surface area (Å²) in [6, 6.07) is -0.970. The maximum atomic E-state index is 13.5. The predicted molar refractivity (Wildman–Crippen MR) is 416 cm³/mol. The first-order valence-corrected chi connectivity index (χ1v) is 43.9. The average molecular weight is 1490 g/mol. The number of hydrogen-bond acceptors (Lipinski definition) is 18. The fraction of sp³-hybridized carbons (Fsp3) is 0.965. The van der Waals surface area contributed by atoms with Crippen molar-refractivity contribution in [2.75, 3.05) is 26.4 Å². The van der Waals surface area contributed by atoms with E-state index in [1.807, 2.05) is 6.08 Å². The molecule has 3 saturated heterocycles. The molecule has 0 saturated carbocycles. The van der Waals surface area contributed by atoms with Crippen molar-refractivity contribution in [1.29, 1.82) is 0 Å². The summed E-state index contributed by atoms with van der Waals surface area (Å²) in [6.45, 7) is 1.80. The molecular weight excluding hydrogens is 1320 g/mol. The van der Waals surface area contributed by atoms with Gasteiger partial charge in [0.1, 0.15) is 73.2 Å². The predicted octanol–water partition coefficient (Wildman–Crippen LogP) is 15.9. The summed E-state index contributed by atoms with van der Waals surface area (Å²) in [5.41, 5.74) is 0. The molecule has 104 heavy (non-hydrogen) atoms. The van der Waals surface area contributed by atoms with Gasteiger partial charge < -0.3 is 89.9 Å². The van der Waals surface area contributed by atoms with Crippen LogP contribution in [0.2, 0.25) is 0 Å². The Morgan fingerprint density at radius 1 is 0.337 bits per heavy atom. The van der Waals surface area contributed by atoms with Gasteiger partial charge in [0, 0.05) is 6.42 Å². The third-order valence-electron chi connectivity index (χ3n) is 22.3. The van der Waals surface area contributed by atoms with Crippen molar-refractivity contribution in [2.24, 2.45) is 0 Å². The van der Waals surface area contributed by atoms with Crippen molar-refractivity contribution >= 4 is 5.91 Å². The molecule has 17 atom stereocenters. The van der Waals surface area contributed by atoms with E-state index in [-0.39, 0.29) is 18.9 Å². The highest BCUT2D eigenvalue weighted by atomic mass is 16.8. The van der Waals surface area contributed by atoms with Gasteiger partial charge in [-0.15, -0.1) is 0 Å². The summed E-state index contributed by atoms with van der Waals surface area (Å²) in [5.74, 6) is -0.266. The number of aliphatic hydroxyl groups excluding tert-OH is 11. The van der Waals surface area contributed by atoms with E-state index in [0.29, 0.717) is 6.42 Å². The lowest BCUT2D eigenvalue weighted by molar-refractivity contribution is -0.379. The van der Waals surface area contributed by atoms with Crippen molar-refractivity contribution in [3.05, 3.63) is 12.2 Å². The maximum absolute atomic E-state index is 13.5. The Hall–Kier alpha value is -1.47. The zero-order chi connectivity index (χ0) is 75.3. The first-order valence-electron chi connectivity index (χ1n) is 43.9. The molecule has 3 aliphatic heterocycles. The summed E-state index contributed by atoms with van der Waals surface area (Å²) < 4.78 is 34.5. The number of unbranched alkanes of at least 4 members (excludes halogenated alkanes) is 56. The second-order valence-electron chi connectivity index (χ2n) is 31.7. The summed E-state index contributed by atoms with van der Waals surface area (Å²) in [5, 5.41) is 121. The molecule has 17 unspecified atom stereocenters. The number of aliphatic hydroxyl groups is 11. The number of allylic oxidation sites excluding steroid dienone is 1. The highest BCUT2D eigenvalue weighted by Gasteiger charge is 2.54. The number of hydrogen-bond donors (Lipinski definition) is 12. The Morgan fingerprint density at radius 2 is 0.596 bits per heavy atom. The van der Waals surface area contributed by atoms with Crippen LogP contribution >= 0.6 is 0 Å². The topological polar surface area (TPSA) is 307 Å². The highest BCUT2D eigenvalue weighted by Crippen LogP contribution is 2.34. The van der Waals surface area contributed by atoms with E-state index in [1.54, 1.807) is 6.08 Å². The van der Waals surface area contributed by atoms with Crippen molar-refractivity contribution < 1.29 is 89.4 Å². The van der Waals surface area contributed by atoms with E-state index in [4.69, 9.17) is 28.4 Å². The van der Waals surface area contributed by atoms with E-state index in [1.165, 1.54) is 321 Å². The van der Waals surface area contributed by atoms with Gasteiger partial charge in [-0.1, -0.05) is 379 Å². The minimum Gasteiger partial charge on any atom is -0.394 e. The Bertz CT molecular complexity index is 1920. The minimum atomic E-state index is -1.98. The first-order chi connectivity index (χ1) is 50.8. The molecular formula is C85H163NO18. The van der Waals surface area contributed by atoms with Gasteiger partial charge in [0.15, 0.2) is 18.9 Å². The zero-order valence-electron chi connectivity index (χ0n) is 66.3. The van der Waals surface area contributed by atoms with Gasteiger partial charge in [0.25, 0.3) is 0 Å². The van der Waals surface area contributed by atoms with Crippen LogP contribution in [0.1, 0.15) is 393 Å². The van der Waals surface area contributed by atoms with Crippen LogP contribution in [-0.2, 0) is 33.2 Å².